The molecule has 4 aromatic carbocycles. The minimum Gasteiger partial charge on any atom is -0.179 e. The van der Waals surface area contributed by atoms with E-state index in [4.69, 9.17) is 23.7 Å². The van der Waals surface area contributed by atoms with E-state index in [0.29, 0.717) is 0 Å². The van der Waals surface area contributed by atoms with Crippen LogP contribution in [0.1, 0.15) is 33.7 Å². The van der Waals surface area contributed by atoms with Crippen LogP contribution in [-0.4, -0.2) is 5.11 Å². The number of aliphatic hydroxyl groups excluding tert-OH is 1. The zero-order valence-corrected chi connectivity index (χ0v) is 20.5. The fraction of sp³-hybridized carbons (Fsp3) is 0.0714. The van der Waals surface area contributed by atoms with Crippen molar-refractivity contribution in [2.24, 2.45) is 0 Å². The van der Waals surface area contributed by atoms with Gasteiger partial charge in [-0.1, -0.05) is 84.9 Å². The van der Waals surface area contributed by atoms with Gasteiger partial charge in [0, 0.05) is 5.92 Å². The Labute approximate surface area is 207 Å². The number of fused-ring (bicyclic) bond motifs is 1. The molecule has 0 bridgehead atoms. The van der Waals surface area contributed by atoms with Crippen molar-refractivity contribution in [3.8, 4) is 0 Å². The quantitative estimate of drug-likeness (QED) is 0.228. The van der Waals surface area contributed by atoms with E-state index in [0.717, 1.165) is 5.56 Å². The average molecular weight is 494 g/mol. The van der Waals surface area contributed by atoms with Crippen molar-refractivity contribution >= 4 is 30.3 Å². The van der Waals surface area contributed by atoms with Crippen molar-refractivity contribution < 1.29 is 22.1 Å². The molecule has 0 saturated carbocycles. The molecule has 32 heavy (non-hydrogen) atoms. The number of allylic oxidation sites excluding steroid dienone is 1. The Morgan fingerprint density at radius 1 is 0.750 bits per heavy atom. The van der Waals surface area contributed by atoms with Gasteiger partial charge < -0.3 is 5.11 Å². The second-order valence-electron chi connectivity index (χ2n) is 7.06. The molecule has 5 rings (SSSR count). The monoisotopic (exact) mass is 493 g/mol. The van der Waals surface area contributed by atoms with E-state index in [1.54, 1.807) is 0 Å². The van der Waals surface area contributed by atoms with Crippen LogP contribution in [0.5, 0.6) is 0 Å². The molecule has 1 N–H and O–H groups in total. The molecule has 1 atom stereocenters. The van der Waals surface area contributed by atoms with Crippen LogP contribution in [0.25, 0.3) is 11.6 Å². The minimum absolute atomic E-state index is 0.140. The zero-order chi connectivity index (χ0) is 22.6. The van der Waals surface area contributed by atoms with Crippen LogP contribution in [0.3, 0.4) is 0 Å². The van der Waals surface area contributed by atoms with Crippen molar-refractivity contribution in [2.75, 3.05) is 0 Å². The largest absolute Gasteiger partial charge is 0.179 e. The van der Waals surface area contributed by atoms with Gasteiger partial charge in [0.15, 0.2) is 0 Å². The molecular formula is C28H23Cl2OTi-. The Morgan fingerprint density at radius 3 is 1.94 bits per heavy atom. The van der Waals surface area contributed by atoms with Gasteiger partial charge in [0.2, 0.25) is 0 Å². The molecule has 1 aliphatic carbocycles. The van der Waals surface area contributed by atoms with Crippen molar-refractivity contribution in [2.45, 2.75) is 12.5 Å². The number of benzene rings is 4. The molecule has 0 radical (unpaired) electrons. The number of rotatable bonds is 3. The van der Waals surface area contributed by atoms with Crippen LogP contribution in [0.4, 0.5) is 0 Å². The van der Waals surface area contributed by atoms with Gasteiger partial charge in [-0.2, -0.15) is 35.9 Å². The maximum atomic E-state index is 8.54. The van der Waals surface area contributed by atoms with Gasteiger partial charge in [0.1, 0.15) is 0 Å². The first kappa shape index (κ1) is 24.5. The fourth-order valence-corrected chi connectivity index (χ4v) is 3.71. The third-order valence-corrected chi connectivity index (χ3v) is 5.11. The third-order valence-electron chi connectivity index (χ3n) is 5.11. The van der Waals surface area contributed by atoms with Crippen LogP contribution in [0.15, 0.2) is 109 Å². The van der Waals surface area contributed by atoms with Crippen LogP contribution in [0.2, 0.25) is 0 Å². The number of hydrogen-bond acceptors (Lipinski definition) is 1. The Bertz CT molecular complexity index is 1100. The Kier molecular flexibility index (Phi) is 10.3. The topological polar surface area (TPSA) is 20.2 Å². The SMILES string of the molecule is OCc1ccccc1.[Cl][Ti][Cl].[c-]1ccccc1C1C(c2ccccc2)=Cc2ccccc21. The van der Waals surface area contributed by atoms with E-state index in [9.17, 15) is 0 Å². The summed E-state index contributed by atoms with van der Waals surface area (Å²) >= 11 is -0.556. The number of aliphatic hydroxyl groups is 1. The molecule has 0 amide bonds. The number of hydrogen-bond donors (Lipinski definition) is 1. The second kappa shape index (κ2) is 13.4. The van der Waals surface area contributed by atoms with Crippen LogP contribution in [-0.2, 0) is 23.6 Å². The van der Waals surface area contributed by atoms with Gasteiger partial charge in [0.25, 0.3) is 0 Å². The predicted molar refractivity (Wildman–Crippen MR) is 132 cm³/mol. The Morgan fingerprint density at radius 2 is 1.34 bits per heavy atom. The van der Waals surface area contributed by atoms with E-state index in [2.05, 4.69) is 78.9 Å². The van der Waals surface area contributed by atoms with Crippen LogP contribution in [0, 0.1) is 6.07 Å². The molecule has 0 saturated heterocycles. The van der Waals surface area contributed by atoms with Crippen LogP contribution >= 0.6 is 18.6 Å². The fourth-order valence-electron chi connectivity index (χ4n) is 3.71. The summed E-state index contributed by atoms with van der Waals surface area (Å²) in [5, 5.41) is 8.54. The standard InChI is InChI=1S/C21H15.C7H8O.2ClH.Ti/c1-3-9-16(10-4-1)20-15-18-13-7-8-14-19(18)21(20)17-11-5-2-6-12-17;8-6-7-4-2-1-3-5-7;;;/h1-11,13-15,21H;1-5,8H,6H2;2*1H;/q-1;;;;+2/p-2. The van der Waals surface area contributed by atoms with E-state index < -0.39 is 17.0 Å². The van der Waals surface area contributed by atoms with Crippen molar-refractivity contribution in [1.82, 2.24) is 0 Å². The molecular weight excluding hydrogens is 471 g/mol. The van der Waals surface area contributed by atoms with E-state index in [1.165, 1.54) is 27.8 Å². The molecule has 0 aromatic heterocycles. The molecule has 1 aliphatic rings. The first-order valence-electron chi connectivity index (χ1n) is 10.2. The molecule has 160 valence electrons. The molecule has 0 heterocycles. The first-order valence-corrected chi connectivity index (χ1v) is 14.5. The summed E-state index contributed by atoms with van der Waals surface area (Å²) in [5.74, 6) is 0.282. The summed E-state index contributed by atoms with van der Waals surface area (Å²) < 4.78 is 0. The van der Waals surface area contributed by atoms with Crippen molar-refractivity contribution in [3.05, 3.63) is 143 Å². The normalized spacial score (nSPS) is 13.5. The molecule has 1 unspecified atom stereocenters. The molecule has 1 nitrogen and oxygen atoms in total. The summed E-state index contributed by atoms with van der Waals surface area (Å²) in [7, 11) is 9.78. The summed E-state index contributed by atoms with van der Waals surface area (Å²) in [6.45, 7) is 0.140. The zero-order valence-electron chi connectivity index (χ0n) is 17.5. The summed E-state index contributed by atoms with van der Waals surface area (Å²) in [6, 6.07) is 40.5. The average Bonchev–Trinajstić information content (AvgIpc) is 3.26. The summed E-state index contributed by atoms with van der Waals surface area (Å²) in [5.41, 5.74) is 7.54. The molecule has 0 aliphatic heterocycles. The van der Waals surface area contributed by atoms with E-state index >= 15 is 0 Å². The maximum Gasteiger partial charge on any atom is 0.0126 e. The summed E-state index contributed by atoms with van der Waals surface area (Å²) in [4.78, 5) is 0. The Balaban J connectivity index is 0.000000220. The molecule has 0 spiro atoms. The van der Waals surface area contributed by atoms with Crippen molar-refractivity contribution in [3.63, 3.8) is 0 Å². The van der Waals surface area contributed by atoms with Gasteiger partial charge in [-0.15, -0.1) is 0 Å². The molecule has 0 fully saturated rings. The third kappa shape index (κ3) is 6.69. The minimum atomic E-state index is -0.556. The number of halogens is 2. The second-order valence-corrected chi connectivity index (χ2v) is 9.64. The molecule has 4 aromatic rings. The summed E-state index contributed by atoms with van der Waals surface area (Å²) in [6.07, 6.45) is 2.32. The van der Waals surface area contributed by atoms with Gasteiger partial charge in [0.05, 0.1) is 6.61 Å². The first-order chi connectivity index (χ1) is 15.8. The smallest absolute Gasteiger partial charge is 0.0126 e. The van der Waals surface area contributed by atoms with Gasteiger partial charge >= 0.3 is 35.6 Å². The van der Waals surface area contributed by atoms with Gasteiger partial charge in [-0.05, 0) is 33.9 Å². The van der Waals surface area contributed by atoms with Gasteiger partial charge in [-0.25, -0.2) is 0 Å². The maximum absolute atomic E-state index is 8.54. The van der Waals surface area contributed by atoms with E-state index in [-0.39, 0.29) is 12.5 Å². The van der Waals surface area contributed by atoms with Crippen molar-refractivity contribution in [1.29, 1.82) is 0 Å². The predicted octanol–water partition coefficient (Wildman–Crippen LogP) is 7.73. The van der Waals surface area contributed by atoms with Crippen LogP contribution < -0.4 is 0 Å². The molecule has 4 heteroatoms. The Hall–Kier alpha value is -2.13. The van der Waals surface area contributed by atoms with E-state index in [1.807, 2.05) is 42.5 Å². The van der Waals surface area contributed by atoms with Gasteiger partial charge in [-0.3, -0.25) is 0 Å².